The molecule has 1 aromatic heterocycles. The fourth-order valence-corrected chi connectivity index (χ4v) is 3.40. The molecule has 0 unspecified atom stereocenters. The van der Waals surface area contributed by atoms with E-state index in [1.54, 1.807) is 41.7 Å². The fourth-order valence-electron chi connectivity index (χ4n) is 2.24. The van der Waals surface area contributed by atoms with E-state index >= 15 is 0 Å². The van der Waals surface area contributed by atoms with Crippen LogP contribution in [-0.2, 0) is 12.8 Å². The summed E-state index contributed by atoms with van der Waals surface area (Å²) in [5.74, 6) is 0.409. The third-order valence-electron chi connectivity index (χ3n) is 3.71. The quantitative estimate of drug-likeness (QED) is 0.355. The minimum Gasteiger partial charge on any atom is -0.318 e. The zero-order valence-corrected chi connectivity index (χ0v) is 16.7. The van der Waals surface area contributed by atoms with Crippen molar-refractivity contribution in [3.05, 3.63) is 81.6 Å². The normalized spacial score (nSPS) is 11.1. The van der Waals surface area contributed by atoms with Crippen LogP contribution in [0.2, 0.25) is 10.0 Å². The Balaban J connectivity index is 1.59. The van der Waals surface area contributed by atoms with Crippen molar-refractivity contribution in [1.29, 1.82) is 0 Å². The van der Waals surface area contributed by atoms with Crippen molar-refractivity contribution in [2.24, 2.45) is 12.1 Å². The van der Waals surface area contributed by atoms with Crippen molar-refractivity contribution in [2.45, 2.75) is 10.9 Å². The fraction of sp³-hybridized carbons (Fsp3) is 0.105. The maximum absolute atomic E-state index is 12.3. The van der Waals surface area contributed by atoms with Gasteiger partial charge in [0.15, 0.2) is 5.16 Å². The molecule has 0 radical (unpaired) electrons. The minimum absolute atomic E-state index is 0.325. The monoisotopic (exact) mass is 418 g/mol. The summed E-state index contributed by atoms with van der Waals surface area (Å²) in [7, 11) is 1.80. The van der Waals surface area contributed by atoms with Gasteiger partial charge in [0.2, 0.25) is 0 Å². The molecule has 1 amide bonds. The SMILES string of the molecule is Cn1c(C(=O)NN=Cc2ccc(Cl)cc2)cnc1SCc1ccc(Cl)cc1. The van der Waals surface area contributed by atoms with Gasteiger partial charge in [0.1, 0.15) is 5.69 Å². The molecule has 8 heteroatoms. The van der Waals surface area contributed by atoms with Gasteiger partial charge in [-0.1, -0.05) is 59.2 Å². The first kappa shape index (κ1) is 19.5. The van der Waals surface area contributed by atoms with Crippen molar-refractivity contribution >= 4 is 47.1 Å². The van der Waals surface area contributed by atoms with Gasteiger partial charge in [-0.05, 0) is 35.4 Å². The first-order valence-electron chi connectivity index (χ1n) is 8.01. The molecular weight excluding hydrogens is 403 g/mol. The Hall–Kier alpha value is -2.28. The largest absolute Gasteiger partial charge is 0.318 e. The van der Waals surface area contributed by atoms with Gasteiger partial charge < -0.3 is 4.57 Å². The first-order valence-corrected chi connectivity index (χ1v) is 9.75. The maximum atomic E-state index is 12.3. The van der Waals surface area contributed by atoms with Crippen LogP contribution in [0.4, 0.5) is 0 Å². The van der Waals surface area contributed by atoms with E-state index in [1.165, 1.54) is 6.20 Å². The van der Waals surface area contributed by atoms with Crippen molar-refractivity contribution in [1.82, 2.24) is 15.0 Å². The molecule has 5 nitrogen and oxygen atoms in total. The van der Waals surface area contributed by atoms with Gasteiger partial charge in [0, 0.05) is 22.8 Å². The van der Waals surface area contributed by atoms with Crippen LogP contribution in [0.3, 0.4) is 0 Å². The highest BCUT2D eigenvalue weighted by molar-refractivity contribution is 7.98. The lowest BCUT2D eigenvalue weighted by Gasteiger charge is -2.05. The number of hydrazone groups is 1. The third-order valence-corrected chi connectivity index (χ3v) is 5.33. The van der Waals surface area contributed by atoms with Gasteiger partial charge in [0.25, 0.3) is 5.91 Å². The third kappa shape index (κ3) is 5.35. The second-order valence-corrected chi connectivity index (χ2v) is 7.47. The highest BCUT2D eigenvalue weighted by atomic mass is 35.5. The zero-order chi connectivity index (χ0) is 19.2. The molecule has 0 atom stereocenters. The van der Waals surface area contributed by atoms with Crippen LogP contribution in [0.1, 0.15) is 21.6 Å². The number of hydrogen-bond donors (Lipinski definition) is 1. The highest BCUT2D eigenvalue weighted by Crippen LogP contribution is 2.23. The van der Waals surface area contributed by atoms with Gasteiger partial charge in [0.05, 0.1) is 12.4 Å². The van der Waals surface area contributed by atoms with Crippen LogP contribution in [0.5, 0.6) is 0 Å². The number of amides is 1. The number of aromatic nitrogens is 2. The van der Waals surface area contributed by atoms with Crippen LogP contribution in [0.25, 0.3) is 0 Å². The van der Waals surface area contributed by atoms with Gasteiger partial charge in [-0.25, -0.2) is 10.4 Å². The van der Waals surface area contributed by atoms with E-state index in [1.807, 2.05) is 36.4 Å². The van der Waals surface area contributed by atoms with E-state index in [9.17, 15) is 4.79 Å². The molecule has 138 valence electrons. The van der Waals surface area contributed by atoms with Crippen LogP contribution in [0, 0.1) is 0 Å². The number of nitrogens with zero attached hydrogens (tertiary/aromatic N) is 3. The predicted molar refractivity (Wildman–Crippen MR) is 111 cm³/mol. The second kappa shape index (κ2) is 9.08. The lowest BCUT2D eigenvalue weighted by molar-refractivity contribution is 0.0946. The first-order chi connectivity index (χ1) is 13.0. The molecule has 0 fully saturated rings. The molecule has 1 heterocycles. The van der Waals surface area contributed by atoms with Crippen molar-refractivity contribution in [3.63, 3.8) is 0 Å². The van der Waals surface area contributed by atoms with Gasteiger partial charge in [-0.3, -0.25) is 4.79 Å². The summed E-state index contributed by atoms with van der Waals surface area (Å²) in [6.07, 6.45) is 3.10. The number of carbonyl (C=O) groups excluding carboxylic acids is 1. The molecule has 1 N–H and O–H groups in total. The summed E-state index contributed by atoms with van der Waals surface area (Å²) in [6.45, 7) is 0. The number of rotatable bonds is 6. The van der Waals surface area contributed by atoms with E-state index in [0.29, 0.717) is 15.7 Å². The van der Waals surface area contributed by atoms with Crippen molar-refractivity contribution < 1.29 is 4.79 Å². The van der Waals surface area contributed by atoms with E-state index in [0.717, 1.165) is 22.0 Å². The average molecular weight is 419 g/mol. The van der Waals surface area contributed by atoms with Gasteiger partial charge in [-0.15, -0.1) is 0 Å². The molecule has 3 aromatic rings. The molecule has 0 bridgehead atoms. The lowest BCUT2D eigenvalue weighted by atomic mass is 10.2. The number of nitrogens with one attached hydrogen (secondary N) is 1. The minimum atomic E-state index is -0.325. The maximum Gasteiger partial charge on any atom is 0.289 e. The summed E-state index contributed by atoms with van der Waals surface area (Å²) in [5, 5.41) is 6.07. The number of benzene rings is 2. The summed E-state index contributed by atoms with van der Waals surface area (Å²) in [4.78, 5) is 16.6. The molecule has 27 heavy (non-hydrogen) atoms. The zero-order valence-electron chi connectivity index (χ0n) is 14.4. The Labute approximate surface area is 171 Å². The molecular formula is C19H16Cl2N4OS. The molecule has 2 aromatic carbocycles. The second-order valence-electron chi connectivity index (χ2n) is 5.65. The molecule has 0 spiro atoms. The Bertz CT molecular complexity index is 953. The summed E-state index contributed by atoms with van der Waals surface area (Å²) < 4.78 is 1.74. The molecule has 3 rings (SSSR count). The molecule has 0 saturated carbocycles. The summed E-state index contributed by atoms with van der Waals surface area (Å²) in [5.41, 5.74) is 4.91. The topological polar surface area (TPSA) is 59.3 Å². The molecule has 0 aliphatic rings. The molecule has 0 saturated heterocycles. The predicted octanol–water partition coefficient (Wildman–Crippen LogP) is 4.78. The highest BCUT2D eigenvalue weighted by Gasteiger charge is 2.13. The van der Waals surface area contributed by atoms with Gasteiger partial charge >= 0.3 is 0 Å². The van der Waals surface area contributed by atoms with Gasteiger partial charge in [-0.2, -0.15) is 5.10 Å². The Morgan fingerprint density at radius 1 is 1.15 bits per heavy atom. The number of thioether (sulfide) groups is 1. The lowest BCUT2D eigenvalue weighted by Crippen LogP contribution is -2.20. The molecule has 0 aliphatic heterocycles. The van der Waals surface area contributed by atoms with E-state index in [2.05, 4.69) is 15.5 Å². The van der Waals surface area contributed by atoms with E-state index in [-0.39, 0.29) is 5.91 Å². The van der Waals surface area contributed by atoms with Crippen molar-refractivity contribution in [3.8, 4) is 0 Å². The average Bonchev–Trinajstić information content (AvgIpc) is 3.03. The van der Waals surface area contributed by atoms with Crippen molar-refractivity contribution in [2.75, 3.05) is 0 Å². The standard InChI is InChI=1S/C19H16Cl2N4OS/c1-25-17(18(26)24-23-10-13-2-6-15(20)7-3-13)11-22-19(25)27-12-14-4-8-16(21)9-5-14/h2-11H,12H2,1H3,(H,24,26). The van der Waals surface area contributed by atoms with Crippen LogP contribution < -0.4 is 5.43 Å². The smallest absolute Gasteiger partial charge is 0.289 e. The number of halogens is 2. The van der Waals surface area contributed by atoms with Crippen LogP contribution in [-0.4, -0.2) is 21.7 Å². The molecule has 0 aliphatic carbocycles. The van der Waals surface area contributed by atoms with E-state index in [4.69, 9.17) is 23.2 Å². The van der Waals surface area contributed by atoms with Crippen LogP contribution >= 0.6 is 35.0 Å². The van der Waals surface area contributed by atoms with Crippen LogP contribution in [0.15, 0.2) is 65.0 Å². The Morgan fingerprint density at radius 3 is 2.44 bits per heavy atom. The number of hydrogen-bond acceptors (Lipinski definition) is 4. The number of carbonyl (C=O) groups is 1. The Morgan fingerprint density at radius 2 is 1.78 bits per heavy atom. The summed E-state index contributed by atoms with van der Waals surface area (Å²) in [6, 6.07) is 14.8. The summed E-state index contributed by atoms with van der Waals surface area (Å²) >= 11 is 13.3. The number of imidazole rings is 1. The Kier molecular flexibility index (Phi) is 6.55. The van der Waals surface area contributed by atoms with E-state index < -0.39 is 0 Å².